The first kappa shape index (κ1) is 23.2. The quantitative estimate of drug-likeness (QED) is 0.428. The molecular formula is C22H22Cl4N2O2. The number of aromatic hydroxyl groups is 2. The molecule has 3 rings (SSSR count). The Labute approximate surface area is 196 Å². The number of benzene rings is 2. The van der Waals surface area contributed by atoms with Crippen LogP contribution in [0.25, 0.3) is 0 Å². The number of phenolic OH excluding ortho intramolecular Hbond substituents is 2. The maximum Gasteiger partial charge on any atom is 0.143 e. The van der Waals surface area contributed by atoms with E-state index in [0.29, 0.717) is 46.1 Å². The highest BCUT2D eigenvalue weighted by Gasteiger charge is 2.20. The van der Waals surface area contributed by atoms with Crippen molar-refractivity contribution >= 4 is 58.8 Å². The van der Waals surface area contributed by atoms with E-state index in [2.05, 4.69) is 9.98 Å². The molecule has 8 heteroatoms. The molecule has 1 aliphatic rings. The van der Waals surface area contributed by atoms with Gasteiger partial charge in [0.05, 0.1) is 10.0 Å². The lowest BCUT2D eigenvalue weighted by molar-refractivity contribution is 0.286. The van der Waals surface area contributed by atoms with Crippen LogP contribution in [-0.2, 0) is 0 Å². The van der Waals surface area contributed by atoms with E-state index >= 15 is 0 Å². The van der Waals surface area contributed by atoms with E-state index in [-0.39, 0.29) is 21.5 Å². The Morgan fingerprint density at radius 2 is 1.07 bits per heavy atom. The summed E-state index contributed by atoms with van der Waals surface area (Å²) in [7, 11) is 0. The van der Waals surface area contributed by atoms with Gasteiger partial charge in [0.25, 0.3) is 0 Å². The molecule has 0 heterocycles. The SMILES string of the molecule is Oc1c(Cl)cc(Cl)cc1C=NCC1CCC(CN=Cc2cc(Cl)cc(Cl)c2O)CC1. The number of nitrogens with zero attached hydrogens (tertiary/aromatic N) is 2. The van der Waals surface area contributed by atoms with Crippen molar-refractivity contribution in [3.8, 4) is 11.5 Å². The largest absolute Gasteiger partial charge is 0.506 e. The van der Waals surface area contributed by atoms with Gasteiger partial charge in [0.15, 0.2) is 0 Å². The molecular weight excluding hydrogens is 466 g/mol. The molecule has 0 spiro atoms. The van der Waals surface area contributed by atoms with Crippen LogP contribution in [0.3, 0.4) is 0 Å². The minimum Gasteiger partial charge on any atom is -0.506 e. The predicted octanol–water partition coefficient (Wildman–Crippen LogP) is 7.06. The number of hydrogen-bond acceptors (Lipinski definition) is 4. The van der Waals surface area contributed by atoms with E-state index in [1.54, 1.807) is 24.6 Å². The summed E-state index contributed by atoms with van der Waals surface area (Å²) in [5, 5.41) is 21.3. The van der Waals surface area contributed by atoms with Crippen molar-refractivity contribution < 1.29 is 10.2 Å². The molecule has 2 aromatic rings. The fourth-order valence-corrected chi connectivity index (χ4v) is 4.58. The summed E-state index contributed by atoms with van der Waals surface area (Å²) in [6, 6.07) is 6.29. The van der Waals surface area contributed by atoms with Crippen LogP contribution >= 0.6 is 46.4 Å². The monoisotopic (exact) mass is 486 g/mol. The van der Waals surface area contributed by atoms with Crippen molar-refractivity contribution in [2.24, 2.45) is 21.8 Å². The lowest BCUT2D eigenvalue weighted by Gasteiger charge is -2.26. The van der Waals surface area contributed by atoms with Crippen molar-refractivity contribution in [1.82, 2.24) is 0 Å². The maximum atomic E-state index is 9.98. The Bertz CT molecular complexity index is 877. The lowest BCUT2D eigenvalue weighted by atomic mass is 9.82. The first-order valence-electron chi connectivity index (χ1n) is 9.69. The summed E-state index contributed by atoms with van der Waals surface area (Å²) in [6.07, 6.45) is 7.57. The van der Waals surface area contributed by atoms with Crippen LogP contribution in [0.2, 0.25) is 20.1 Å². The van der Waals surface area contributed by atoms with Gasteiger partial charge >= 0.3 is 0 Å². The topological polar surface area (TPSA) is 65.2 Å². The predicted molar refractivity (Wildman–Crippen MR) is 127 cm³/mol. The fraction of sp³-hybridized carbons (Fsp3) is 0.364. The Balaban J connectivity index is 1.46. The molecule has 0 radical (unpaired) electrons. The van der Waals surface area contributed by atoms with Crippen LogP contribution in [0.5, 0.6) is 11.5 Å². The molecule has 30 heavy (non-hydrogen) atoms. The zero-order valence-corrected chi connectivity index (χ0v) is 19.2. The van der Waals surface area contributed by atoms with Crippen molar-refractivity contribution in [1.29, 1.82) is 0 Å². The van der Waals surface area contributed by atoms with Crippen LogP contribution in [0.1, 0.15) is 36.8 Å². The summed E-state index contributed by atoms with van der Waals surface area (Å²) in [5.74, 6) is 1.01. The van der Waals surface area contributed by atoms with Gasteiger partial charge in [-0.3, -0.25) is 9.98 Å². The van der Waals surface area contributed by atoms with Gasteiger partial charge < -0.3 is 10.2 Å². The molecule has 1 fully saturated rings. The summed E-state index contributed by atoms with van der Waals surface area (Å²) in [6.45, 7) is 1.41. The number of halogens is 4. The molecule has 1 saturated carbocycles. The standard InChI is InChI=1S/C22H22Cl4N2O2/c23-17-5-15(21(29)19(25)7-17)11-27-9-13-1-2-14(4-3-13)10-28-12-16-6-18(24)8-20(26)22(16)30/h5-8,11-14,29-30H,1-4,9-10H2. The Morgan fingerprint density at radius 3 is 1.43 bits per heavy atom. The molecule has 0 bridgehead atoms. The van der Waals surface area contributed by atoms with Crippen LogP contribution < -0.4 is 0 Å². The second-order valence-electron chi connectivity index (χ2n) is 7.53. The van der Waals surface area contributed by atoms with E-state index in [0.717, 1.165) is 25.7 Å². The smallest absolute Gasteiger partial charge is 0.143 e. The second-order valence-corrected chi connectivity index (χ2v) is 9.21. The van der Waals surface area contributed by atoms with E-state index in [9.17, 15) is 10.2 Å². The molecule has 0 saturated heterocycles. The van der Waals surface area contributed by atoms with Gasteiger partial charge in [-0.15, -0.1) is 0 Å². The molecule has 1 aliphatic carbocycles. The number of rotatable bonds is 6. The van der Waals surface area contributed by atoms with Crippen molar-refractivity contribution in [3.05, 3.63) is 55.5 Å². The zero-order valence-electron chi connectivity index (χ0n) is 16.2. The van der Waals surface area contributed by atoms with Crippen LogP contribution in [0, 0.1) is 11.8 Å². The molecule has 2 aromatic carbocycles. The van der Waals surface area contributed by atoms with Crippen LogP contribution in [0.15, 0.2) is 34.3 Å². The molecule has 0 atom stereocenters. The summed E-state index contributed by atoms with van der Waals surface area (Å²) < 4.78 is 0. The molecule has 160 valence electrons. The van der Waals surface area contributed by atoms with Crippen molar-refractivity contribution in [2.75, 3.05) is 13.1 Å². The highest BCUT2D eigenvalue weighted by Crippen LogP contribution is 2.32. The average molecular weight is 488 g/mol. The summed E-state index contributed by atoms with van der Waals surface area (Å²) >= 11 is 23.8. The van der Waals surface area contributed by atoms with Gasteiger partial charge in [-0.2, -0.15) is 0 Å². The fourth-order valence-electron chi connectivity index (χ4n) is 3.57. The van der Waals surface area contributed by atoms with Gasteiger partial charge in [0.1, 0.15) is 11.5 Å². The molecule has 2 N–H and O–H groups in total. The van der Waals surface area contributed by atoms with Crippen LogP contribution in [0.4, 0.5) is 0 Å². The number of phenols is 2. The van der Waals surface area contributed by atoms with E-state index in [4.69, 9.17) is 46.4 Å². The van der Waals surface area contributed by atoms with E-state index in [1.165, 1.54) is 12.1 Å². The highest BCUT2D eigenvalue weighted by atomic mass is 35.5. The first-order chi connectivity index (χ1) is 14.3. The normalized spacial score (nSPS) is 19.7. The molecule has 0 unspecified atom stereocenters. The molecule has 0 amide bonds. The van der Waals surface area contributed by atoms with Gasteiger partial charge in [-0.05, 0) is 61.8 Å². The minimum atomic E-state index is -0.00147. The van der Waals surface area contributed by atoms with Gasteiger partial charge in [0, 0.05) is 46.7 Å². The van der Waals surface area contributed by atoms with Crippen LogP contribution in [-0.4, -0.2) is 35.7 Å². The number of hydrogen-bond donors (Lipinski definition) is 2. The molecule has 4 nitrogen and oxygen atoms in total. The molecule has 0 aliphatic heterocycles. The van der Waals surface area contributed by atoms with Gasteiger partial charge in [0.2, 0.25) is 0 Å². The maximum absolute atomic E-state index is 9.98. The van der Waals surface area contributed by atoms with Crippen molar-refractivity contribution in [2.45, 2.75) is 25.7 Å². The third-order valence-electron chi connectivity index (χ3n) is 5.27. The average Bonchev–Trinajstić information content (AvgIpc) is 2.70. The van der Waals surface area contributed by atoms with Gasteiger partial charge in [-0.1, -0.05) is 46.4 Å². The third kappa shape index (κ3) is 6.27. The van der Waals surface area contributed by atoms with Crippen molar-refractivity contribution in [3.63, 3.8) is 0 Å². The van der Waals surface area contributed by atoms with E-state index < -0.39 is 0 Å². The Kier molecular flexibility index (Phi) is 8.29. The minimum absolute atomic E-state index is 0.00147. The zero-order chi connectivity index (χ0) is 21.7. The first-order valence-corrected chi connectivity index (χ1v) is 11.2. The van der Waals surface area contributed by atoms with E-state index in [1.807, 2.05) is 0 Å². The summed E-state index contributed by atoms with van der Waals surface area (Å²) in [5.41, 5.74) is 1.06. The second kappa shape index (κ2) is 10.7. The number of aliphatic imine (C=N–C) groups is 2. The molecule has 0 aromatic heterocycles. The highest BCUT2D eigenvalue weighted by molar-refractivity contribution is 6.36. The third-order valence-corrected chi connectivity index (χ3v) is 6.28. The lowest BCUT2D eigenvalue weighted by Crippen LogP contribution is -2.18. The van der Waals surface area contributed by atoms with Gasteiger partial charge in [-0.25, -0.2) is 0 Å². The summed E-state index contributed by atoms with van der Waals surface area (Å²) in [4.78, 5) is 8.95. The Hall–Kier alpha value is -1.46. The Morgan fingerprint density at radius 1 is 0.700 bits per heavy atom.